The van der Waals surface area contributed by atoms with Gasteiger partial charge in [0.1, 0.15) is 11.5 Å². The van der Waals surface area contributed by atoms with Gasteiger partial charge >= 0.3 is 0 Å². The van der Waals surface area contributed by atoms with Crippen LogP contribution in [0, 0.1) is 13.8 Å². The van der Waals surface area contributed by atoms with Crippen LogP contribution in [0.25, 0.3) is 6.08 Å². The van der Waals surface area contributed by atoms with E-state index in [9.17, 15) is 13.2 Å². The minimum Gasteiger partial charge on any atom is -0.497 e. The van der Waals surface area contributed by atoms with Crippen LogP contribution in [0.2, 0.25) is 0 Å². The van der Waals surface area contributed by atoms with Crippen molar-refractivity contribution in [3.63, 3.8) is 0 Å². The molecule has 8 heteroatoms. The first-order valence-electron chi connectivity index (χ1n) is 8.96. The molecule has 28 heavy (non-hydrogen) atoms. The molecule has 1 atom stereocenters. The minimum atomic E-state index is -3.00. The van der Waals surface area contributed by atoms with Crippen LogP contribution in [-0.2, 0) is 9.84 Å². The van der Waals surface area contributed by atoms with Gasteiger partial charge in [-0.25, -0.2) is 8.42 Å². The molecule has 0 saturated carbocycles. The summed E-state index contributed by atoms with van der Waals surface area (Å²) >= 11 is 0. The van der Waals surface area contributed by atoms with Gasteiger partial charge in [-0.1, -0.05) is 0 Å². The van der Waals surface area contributed by atoms with Gasteiger partial charge in [0.25, 0.3) is 0 Å². The predicted molar refractivity (Wildman–Crippen MR) is 107 cm³/mol. The maximum absolute atomic E-state index is 12.7. The van der Waals surface area contributed by atoms with Gasteiger partial charge in [-0.2, -0.15) is 5.10 Å². The summed E-state index contributed by atoms with van der Waals surface area (Å²) in [6, 6.07) is 4.90. The van der Waals surface area contributed by atoms with Crippen molar-refractivity contribution in [3.8, 4) is 11.5 Å². The Kier molecular flexibility index (Phi) is 5.60. The molecule has 3 rings (SSSR count). The summed E-state index contributed by atoms with van der Waals surface area (Å²) < 4.78 is 35.8. The van der Waals surface area contributed by atoms with Crippen LogP contribution >= 0.6 is 0 Å². The maximum Gasteiger partial charge on any atom is 0.189 e. The molecular weight excluding hydrogens is 380 g/mol. The number of hydrogen-bond donors (Lipinski definition) is 0. The molecule has 0 bridgehead atoms. The van der Waals surface area contributed by atoms with Crippen molar-refractivity contribution >= 4 is 21.7 Å². The van der Waals surface area contributed by atoms with Crippen molar-refractivity contribution in [1.29, 1.82) is 0 Å². The monoisotopic (exact) mass is 404 g/mol. The SMILES string of the molecule is COc1ccc(OC)c(C(=O)/C=C/c2c(C)nn([C@H]3CCS(=O)(=O)C3)c2C)c1. The van der Waals surface area contributed by atoms with Gasteiger partial charge in [0.15, 0.2) is 15.6 Å². The second-order valence-corrected chi connectivity index (χ2v) is 9.08. The van der Waals surface area contributed by atoms with Gasteiger partial charge in [-0.3, -0.25) is 9.48 Å². The first-order chi connectivity index (χ1) is 13.3. The molecule has 0 unspecified atom stereocenters. The molecule has 1 aromatic carbocycles. The summed E-state index contributed by atoms with van der Waals surface area (Å²) in [5.41, 5.74) is 2.83. The van der Waals surface area contributed by atoms with E-state index in [1.807, 2.05) is 13.8 Å². The number of carbonyl (C=O) groups excluding carboxylic acids is 1. The molecule has 1 fully saturated rings. The lowest BCUT2D eigenvalue weighted by molar-refractivity contribution is 0.104. The summed E-state index contributed by atoms with van der Waals surface area (Å²) in [5, 5.41) is 4.51. The maximum atomic E-state index is 12.7. The number of ether oxygens (including phenoxy) is 2. The Hall–Kier alpha value is -2.61. The zero-order chi connectivity index (χ0) is 20.5. The second kappa shape index (κ2) is 7.79. The number of ketones is 1. The lowest BCUT2D eigenvalue weighted by atomic mass is 10.1. The number of carbonyl (C=O) groups is 1. The van der Waals surface area contributed by atoms with Crippen LogP contribution in [0.5, 0.6) is 11.5 Å². The quantitative estimate of drug-likeness (QED) is 0.543. The fraction of sp³-hybridized carbons (Fsp3) is 0.400. The van der Waals surface area contributed by atoms with E-state index >= 15 is 0 Å². The lowest BCUT2D eigenvalue weighted by Gasteiger charge is -2.11. The second-order valence-electron chi connectivity index (χ2n) is 6.85. The Labute approximate surface area is 164 Å². The van der Waals surface area contributed by atoms with E-state index < -0.39 is 9.84 Å². The molecule has 0 aliphatic carbocycles. The Morgan fingerprint density at radius 2 is 2.00 bits per heavy atom. The van der Waals surface area contributed by atoms with Crippen LogP contribution in [0.15, 0.2) is 24.3 Å². The number of methoxy groups -OCH3 is 2. The number of sulfone groups is 1. The third kappa shape index (κ3) is 3.96. The molecule has 1 saturated heterocycles. The highest BCUT2D eigenvalue weighted by Crippen LogP contribution is 2.28. The molecule has 2 heterocycles. The zero-order valence-electron chi connectivity index (χ0n) is 16.4. The lowest BCUT2D eigenvalue weighted by Crippen LogP contribution is -2.13. The molecule has 0 spiro atoms. The van der Waals surface area contributed by atoms with Crippen molar-refractivity contribution in [2.75, 3.05) is 25.7 Å². The highest BCUT2D eigenvalue weighted by Gasteiger charge is 2.31. The van der Waals surface area contributed by atoms with Crippen LogP contribution in [-0.4, -0.2) is 49.7 Å². The molecule has 1 aliphatic heterocycles. The molecule has 0 N–H and O–H groups in total. The molecule has 1 aromatic heterocycles. The molecule has 1 aliphatic rings. The van der Waals surface area contributed by atoms with Crippen LogP contribution in [0.1, 0.15) is 39.8 Å². The predicted octanol–water partition coefficient (Wildman–Crippen LogP) is 2.77. The summed E-state index contributed by atoms with van der Waals surface area (Å²) in [7, 11) is 0.0494. The van der Waals surface area contributed by atoms with Gasteiger partial charge in [0, 0.05) is 11.3 Å². The summed E-state index contributed by atoms with van der Waals surface area (Å²) in [4.78, 5) is 12.7. The Balaban J connectivity index is 1.88. The average Bonchev–Trinajstić information content (AvgIpc) is 3.17. The highest BCUT2D eigenvalue weighted by molar-refractivity contribution is 7.91. The minimum absolute atomic E-state index is 0.109. The Morgan fingerprint density at radius 1 is 1.25 bits per heavy atom. The number of hydrogen-bond acceptors (Lipinski definition) is 6. The smallest absolute Gasteiger partial charge is 0.189 e. The van der Waals surface area contributed by atoms with Crippen molar-refractivity contribution in [2.45, 2.75) is 26.3 Å². The summed E-state index contributed by atoms with van der Waals surface area (Å²) in [6.45, 7) is 3.74. The highest BCUT2D eigenvalue weighted by atomic mass is 32.2. The first kappa shape index (κ1) is 20.1. The van der Waals surface area contributed by atoms with Gasteiger partial charge in [-0.15, -0.1) is 0 Å². The van der Waals surface area contributed by atoms with Gasteiger partial charge in [-0.05, 0) is 50.6 Å². The van der Waals surface area contributed by atoms with Gasteiger partial charge in [0.2, 0.25) is 0 Å². The number of rotatable bonds is 6. The first-order valence-corrected chi connectivity index (χ1v) is 10.8. The van der Waals surface area contributed by atoms with E-state index in [1.165, 1.54) is 20.3 Å². The van der Waals surface area contributed by atoms with Crippen LogP contribution in [0.3, 0.4) is 0 Å². The summed E-state index contributed by atoms with van der Waals surface area (Å²) in [6.07, 6.45) is 3.76. The number of aromatic nitrogens is 2. The van der Waals surface area contributed by atoms with Crippen LogP contribution < -0.4 is 9.47 Å². The topological polar surface area (TPSA) is 87.5 Å². The van der Waals surface area contributed by atoms with Crippen molar-refractivity contribution in [1.82, 2.24) is 9.78 Å². The van der Waals surface area contributed by atoms with E-state index in [4.69, 9.17) is 9.47 Å². The third-order valence-electron chi connectivity index (χ3n) is 5.01. The molecule has 2 aromatic rings. The third-order valence-corrected chi connectivity index (χ3v) is 6.76. The van der Waals surface area contributed by atoms with E-state index in [0.29, 0.717) is 23.5 Å². The van der Waals surface area contributed by atoms with E-state index in [-0.39, 0.29) is 23.3 Å². The molecule has 7 nitrogen and oxygen atoms in total. The fourth-order valence-electron chi connectivity index (χ4n) is 3.50. The number of aryl methyl sites for hydroxylation is 1. The Morgan fingerprint density at radius 3 is 2.61 bits per heavy atom. The molecular formula is C20H24N2O5S. The standard InChI is InChI=1S/C20H24N2O5S/c1-13-17(14(2)22(21-13)15-9-10-28(24,25)12-15)6-7-19(23)18-11-16(26-3)5-8-20(18)27-4/h5-8,11,15H,9-10,12H2,1-4H3/b7-6+/t15-/m0/s1. The normalized spacial score (nSPS) is 18.5. The van der Waals surface area contributed by atoms with Gasteiger partial charge < -0.3 is 9.47 Å². The summed E-state index contributed by atoms with van der Waals surface area (Å²) in [5.74, 6) is 1.12. The number of allylic oxidation sites excluding steroid dienone is 1. The largest absolute Gasteiger partial charge is 0.497 e. The zero-order valence-corrected chi connectivity index (χ0v) is 17.2. The average molecular weight is 404 g/mol. The van der Waals surface area contributed by atoms with E-state index in [1.54, 1.807) is 29.0 Å². The number of benzene rings is 1. The molecule has 150 valence electrons. The van der Waals surface area contributed by atoms with E-state index in [0.717, 1.165) is 17.0 Å². The van der Waals surface area contributed by atoms with Crippen molar-refractivity contribution in [2.24, 2.45) is 0 Å². The number of nitrogens with zero attached hydrogens (tertiary/aromatic N) is 2. The van der Waals surface area contributed by atoms with Gasteiger partial charge in [0.05, 0.1) is 43.0 Å². The van der Waals surface area contributed by atoms with E-state index in [2.05, 4.69) is 5.10 Å². The van der Waals surface area contributed by atoms with Crippen LogP contribution in [0.4, 0.5) is 0 Å². The van der Waals surface area contributed by atoms with Crippen molar-refractivity contribution in [3.05, 3.63) is 46.8 Å². The Bertz CT molecular complexity index is 1040. The molecule has 0 amide bonds. The van der Waals surface area contributed by atoms with Crippen molar-refractivity contribution < 1.29 is 22.7 Å². The molecule has 0 radical (unpaired) electrons. The fourth-order valence-corrected chi connectivity index (χ4v) is 5.19.